The van der Waals surface area contributed by atoms with E-state index in [1.807, 2.05) is 0 Å². The molecule has 1 aromatic carbocycles. The Kier molecular flexibility index (Phi) is 5.64. The smallest absolute Gasteiger partial charge is 0.257 e. The molecule has 2 aromatic rings. The van der Waals surface area contributed by atoms with Crippen LogP contribution in [0.1, 0.15) is 25.1 Å². The van der Waals surface area contributed by atoms with Gasteiger partial charge in [0, 0.05) is 12.7 Å². The predicted octanol–water partition coefficient (Wildman–Crippen LogP) is 1.92. The standard InChI is InChI=1S/C15H19N3O4S.ClH/c1-21-9-10-23(19,20)12-5-3-11(4-6-12)13-17-14(18-22-13)15(16)7-2-8-15;/h3-6H,2,7-10,16H2,1H3;1H. The molecule has 0 saturated heterocycles. The summed E-state index contributed by atoms with van der Waals surface area (Å²) in [6.07, 6.45) is 2.76. The SMILES string of the molecule is COCCS(=O)(=O)c1ccc(-c2nc(C3(N)CCC3)no2)cc1.Cl. The molecule has 1 fully saturated rings. The number of nitrogens with zero attached hydrogens (tertiary/aromatic N) is 2. The van der Waals surface area contributed by atoms with Gasteiger partial charge in [0.25, 0.3) is 5.89 Å². The van der Waals surface area contributed by atoms with Gasteiger partial charge in [0.1, 0.15) is 0 Å². The number of sulfone groups is 1. The van der Waals surface area contributed by atoms with Crippen LogP contribution in [0.5, 0.6) is 0 Å². The number of methoxy groups -OCH3 is 1. The van der Waals surface area contributed by atoms with Gasteiger partial charge in [-0.3, -0.25) is 0 Å². The maximum Gasteiger partial charge on any atom is 0.257 e. The van der Waals surface area contributed by atoms with Crippen molar-refractivity contribution in [2.24, 2.45) is 5.73 Å². The maximum absolute atomic E-state index is 12.1. The van der Waals surface area contributed by atoms with Crippen molar-refractivity contribution in [1.82, 2.24) is 10.1 Å². The fourth-order valence-electron chi connectivity index (χ4n) is 2.44. The Morgan fingerprint density at radius 1 is 1.29 bits per heavy atom. The summed E-state index contributed by atoms with van der Waals surface area (Å²) in [6.45, 7) is 0.162. The molecule has 0 spiro atoms. The van der Waals surface area contributed by atoms with E-state index in [1.54, 1.807) is 12.1 Å². The van der Waals surface area contributed by atoms with Gasteiger partial charge in [0.05, 0.1) is 22.8 Å². The second kappa shape index (κ2) is 7.18. The van der Waals surface area contributed by atoms with Gasteiger partial charge < -0.3 is 15.0 Å². The van der Waals surface area contributed by atoms with E-state index in [2.05, 4.69) is 10.1 Å². The Bertz CT molecular complexity index is 785. The van der Waals surface area contributed by atoms with E-state index in [1.165, 1.54) is 19.2 Å². The molecule has 1 aliphatic rings. The first-order chi connectivity index (χ1) is 10.9. The van der Waals surface area contributed by atoms with Gasteiger partial charge in [-0.25, -0.2) is 8.42 Å². The first kappa shape index (κ1) is 18.9. The third kappa shape index (κ3) is 3.61. The van der Waals surface area contributed by atoms with Gasteiger partial charge in [-0.1, -0.05) is 5.16 Å². The first-order valence-electron chi connectivity index (χ1n) is 7.40. The van der Waals surface area contributed by atoms with Crippen molar-refractivity contribution in [1.29, 1.82) is 0 Å². The molecule has 9 heteroatoms. The molecule has 1 saturated carbocycles. The van der Waals surface area contributed by atoms with E-state index >= 15 is 0 Å². The highest BCUT2D eigenvalue weighted by Gasteiger charge is 2.39. The third-order valence-electron chi connectivity index (χ3n) is 4.13. The zero-order valence-electron chi connectivity index (χ0n) is 13.3. The van der Waals surface area contributed by atoms with Crippen molar-refractivity contribution in [3.8, 4) is 11.5 Å². The van der Waals surface area contributed by atoms with Crippen LogP contribution in [0, 0.1) is 0 Å². The Hall–Kier alpha value is -1.48. The van der Waals surface area contributed by atoms with Gasteiger partial charge in [0.2, 0.25) is 0 Å². The normalized spacial score (nSPS) is 16.2. The molecule has 1 aliphatic carbocycles. The summed E-state index contributed by atoms with van der Waals surface area (Å²) < 4.78 is 34.2. The molecular weight excluding hydrogens is 354 g/mol. The molecular formula is C15H20ClN3O4S. The van der Waals surface area contributed by atoms with Crippen molar-refractivity contribution in [3.05, 3.63) is 30.1 Å². The molecule has 7 nitrogen and oxygen atoms in total. The molecule has 0 bridgehead atoms. The lowest BCUT2D eigenvalue weighted by Crippen LogP contribution is -2.44. The summed E-state index contributed by atoms with van der Waals surface area (Å²) in [5.74, 6) is 0.802. The molecule has 0 radical (unpaired) electrons. The van der Waals surface area contributed by atoms with Crippen LogP contribution in [-0.4, -0.2) is 38.0 Å². The van der Waals surface area contributed by atoms with E-state index in [0.717, 1.165) is 19.3 Å². The second-order valence-electron chi connectivity index (χ2n) is 5.77. The fourth-order valence-corrected chi connectivity index (χ4v) is 3.61. The van der Waals surface area contributed by atoms with Crippen LogP contribution >= 0.6 is 12.4 Å². The molecule has 0 aliphatic heterocycles. The highest BCUT2D eigenvalue weighted by atomic mass is 35.5. The quantitative estimate of drug-likeness (QED) is 0.823. The van der Waals surface area contributed by atoms with E-state index in [4.69, 9.17) is 15.0 Å². The minimum atomic E-state index is -3.35. The van der Waals surface area contributed by atoms with Crippen molar-refractivity contribution in [2.75, 3.05) is 19.5 Å². The van der Waals surface area contributed by atoms with Gasteiger partial charge in [-0.05, 0) is 43.5 Å². The van der Waals surface area contributed by atoms with Crippen LogP contribution in [-0.2, 0) is 20.1 Å². The minimum absolute atomic E-state index is 0. The molecule has 0 atom stereocenters. The first-order valence-corrected chi connectivity index (χ1v) is 9.05. The number of aromatic nitrogens is 2. The molecule has 1 heterocycles. The summed E-state index contributed by atoms with van der Waals surface area (Å²) in [7, 11) is -1.88. The van der Waals surface area contributed by atoms with Gasteiger partial charge in [-0.2, -0.15) is 4.98 Å². The monoisotopic (exact) mass is 373 g/mol. The van der Waals surface area contributed by atoms with Gasteiger partial charge in [-0.15, -0.1) is 12.4 Å². The summed E-state index contributed by atoms with van der Waals surface area (Å²) in [6, 6.07) is 6.37. The van der Waals surface area contributed by atoms with Gasteiger partial charge >= 0.3 is 0 Å². The Labute approximate surface area is 146 Å². The Morgan fingerprint density at radius 2 is 1.96 bits per heavy atom. The number of nitrogens with two attached hydrogens (primary N) is 1. The number of hydrogen-bond donors (Lipinski definition) is 1. The van der Waals surface area contributed by atoms with Crippen LogP contribution in [0.3, 0.4) is 0 Å². The molecule has 3 rings (SSSR count). The van der Waals surface area contributed by atoms with Crippen LogP contribution in [0.2, 0.25) is 0 Å². The zero-order valence-corrected chi connectivity index (χ0v) is 14.9. The molecule has 0 amide bonds. The van der Waals surface area contributed by atoms with Crippen molar-refractivity contribution in [2.45, 2.75) is 29.7 Å². The van der Waals surface area contributed by atoms with Crippen LogP contribution in [0.4, 0.5) is 0 Å². The van der Waals surface area contributed by atoms with Crippen molar-refractivity contribution < 1.29 is 17.7 Å². The topological polar surface area (TPSA) is 108 Å². The third-order valence-corrected chi connectivity index (χ3v) is 5.83. The second-order valence-corrected chi connectivity index (χ2v) is 7.88. The van der Waals surface area contributed by atoms with Crippen LogP contribution in [0.15, 0.2) is 33.7 Å². The summed E-state index contributed by atoms with van der Waals surface area (Å²) in [4.78, 5) is 4.59. The van der Waals surface area contributed by atoms with E-state index in [9.17, 15) is 8.42 Å². The number of benzene rings is 1. The number of ether oxygens (including phenoxy) is 1. The van der Waals surface area contributed by atoms with Crippen LogP contribution < -0.4 is 5.73 Å². The maximum atomic E-state index is 12.1. The average Bonchev–Trinajstić information content (AvgIpc) is 3.01. The number of hydrogen-bond acceptors (Lipinski definition) is 7. The van der Waals surface area contributed by atoms with Gasteiger partial charge in [0.15, 0.2) is 15.7 Å². The lowest BCUT2D eigenvalue weighted by molar-refractivity contribution is 0.217. The lowest BCUT2D eigenvalue weighted by Gasteiger charge is -2.34. The van der Waals surface area contributed by atoms with Crippen molar-refractivity contribution in [3.63, 3.8) is 0 Å². The Balaban J connectivity index is 0.00000208. The molecule has 1 aromatic heterocycles. The molecule has 2 N–H and O–H groups in total. The number of rotatable bonds is 6. The minimum Gasteiger partial charge on any atom is -0.384 e. The molecule has 0 unspecified atom stereocenters. The molecule has 24 heavy (non-hydrogen) atoms. The largest absolute Gasteiger partial charge is 0.384 e. The highest BCUT2D eigenvalue weighted by molar-refractivity contribution is 7.91. The van der Waals surface area contributed by atoms with E-state index in [0.29, 0.717) is 17.3 Å². The fraction of sp³-hybridized carbons (Fsp3) is 0.467. The summed E-state index contributed by atoms with van der Waals surface area (Å²) >= 11 is 0. The zero-order chi connectivity index (χ0) is 16.5. The summed E-state index contributed by atoms with van der Waals surface area (Å²) in [5.41, 5.74) is 6.35. The number of halogens is 1. The van der Waals surface area contributed by atoms with Crippen molar-refractivity contribution >= 4 is 22.2 Å². The summed E-state index contributed by atoms with van der Waals surface area (Å²) in [5, 5.41) is 3.95. The van der Waals surface area contributed by atoms with E-state index < -0.39 is 15.4 Å². The van der Waals surface area contributed by atoms with Crippen LogP contribution in [0.25, 0.3) is 11.5 Å². The average molecular weight is 374 g/mol. The Morgan fingerprint density at radius 3 is 2.50 bits per heavy atom. The van der Waals surface area contributed by atoms with E-state index in [-0.39, 0.29) is 29.7 Å². The molecule has 132 valence electrons. The highest BCUT2D eigenvalue weighted by Crippen LogP contribution is 2.37. The lowest BCUT2D eigenvalue weighted by atomic mass is 9.77. The predicted molar refractivity (Wildman–Crippen MR) is 90.6 cm³/mol.